The topological polar surface area (TPSA) is 91.9 Å². The average molecular weight is 395 g/mol. The van der Waals surface area contributed by atoms with Gasteiger partial charge in [-0.05, 0) is 42.3 Å². The van der Waals surface area contributed by atoms with Gasteiger partial charge in [-0.3, -0.25) is 9.89 Å². The van der Waals surface area contributed by atoms with Gasteiger partial charge in [0.25, 0.3) is 5.91 Å². The molecule has 0 saturated carbocycles. The van der Waals surface area contributed by atoms with E-state index in [0.717, 1.165) is 12.3 Å². The second kappa shape index (κ2) is 5.81. The van der Waals surface area contributed by atoms with Crippen LogP contribution in [0.5, 0.6) is 0 Å². The third-order valence-electron chi connectivity index (χ3n) is 4.42. The lowest BCUT2D eigenvalue weighted by molar-refractivity contribution is -0.136. The summed E-state index contributed by atoms with van der Waals surface area (Å²) in [5, 5.41) is 8.41. The smallest absolute Gasteiger partial charge is 0.322 e. The lowest BCUT2D eigenvalue weighted by Gasteiger charge is -2.12. The zero-order valence-corrected chi connectivity index (χ0v) is 14.4. The quantitative estimate of drug-likeness (QED) is 0.697. The zero-order valence-electron chi connectivity index (χ0n) is 13.6. The Morgan fingerprint density at radius 2 is 1.96 bits per heavy atom. The van der Waals surface area contributed by atoms with Crippen LogP contribution in [-0.2, 0) is 22.4 Å². The van der Waals surface area contributed by atoms with Crippen molar-refractivity contribution in [2.45, 2.75) is 17.5 Å². The third kappa shape index (κ3) is 3.05. The molecule has 0 spiro atoms. The van der Waals surface area contributed by atoms with Crippen LogP contribution in [0, 0.1) is 0 Å². The second-order valence-corrected chi connectivity index (χ2v) is 8.28. The Kier molecular flexibility index (Phi) is 3.77. The van der Waals surface area contributed by atoms with Gasteiger partial charge in [0.2, 0.25) is 0 Å². The minimum atomic E-state index is -4.61. The van der Waals surface area contributed by atoms with Gasteiger partial charge in [-0.2, -0.15) is 18.3 Å². The van der Waals surface area contributed by atoms with Crippen molar-refractivity contribution in [1.29, 1.82) is 0 Å². The van der Waals surface area contributed by atoms with Gasteiger partial charge >= 0.3 is 6.18 Å². The number of amides is 1. The van der Waals surface area contributed by atoms with Crippen LogP contribution in [0.3, 0.4) is 0 Å². The summed E-state index contributed by atoms with van der Waals surface area (Å²) in [6.45, 7) is 0. The Morgan fingerprint density at radius 1 is 1.19 bits per heavy atom. The van der Waals surface area contributed by atoms with Crippen LogP contribution >= 0.6 is 0 Å². The monoisotopic (exact) mass is 395 g/mol. The van der Waals surface area contributed by atoms with E-state index in [1.807, 2.05) is 0 Å². The van der Waals surface area contributed by atoms with E-state index in [1.165, 1.54) is 24.3 Å². The molecule has 0 unspecified atom stereocenters. The molecule has 2 heterocycles. The van der Waals surface area contributed by atoms with Crippen molar-refractivity contribution in [3.8, 4) is 0 Å². The Morgan fingerprint density at radius 3 is 2.70 bits per heavy atom. The summed E-state index contributed by atoms with van der Waals surface area (Å²) in [5.41, 5.74) is -0.117. The number of halogens is 3. The van der Waals surface area contributed by atoms with Gasteiger partial charge in [0.05, 0.1) is 27.9 Å². The molecule has 1 aliphatic heterocycles. The van der Waals surface area contributed by atoms with Gasteiger partial charge in [0.1, 0.15) is 0 Å². The molecule has 0 radical (unpaired) electrons. The number of carbonyl (C=O) groups is 1. The van der Waals surface area contributed by atoms with Gasteiger partial charge in [0, 0.05) is 16.6 Å². The van der Waals surface area contributed by atoms with Crippen molar-refractivity contribution in [3.63, 3.8) is 0 Å². The Labute approximate surface area is 151 Å². The van der Waals surface area contributed by atoms with Crippen molar-refractivity contribution in [1.82, 2.24) is 10.2 Å². The van der Waals surface area contributed by atoms with E-state index >= 15 is 0 Å². The number of anilines is 1. The first-order chi connectivity index (χ1) is 12.6. The minimum absolute atomic E-state index is 0.0150. The molecule has 1 aromatic heterocycles. The number of benzene rings is 2. The molecule has 1 amide bonds. The molecule has 2 aromatic carbocycles. The second-order valence-electron chi connectivity index (χ2n) is 6.20. The van der Waals surface area contributed by atoms with Crippen molar-refractivity contribution in [3.05, 3.63) is 53.2 Å². The summed E-state index contributed by atoms with van der Waals surface area (Å²) in [6.07, 6.45) is -3.23. The Hall–Kier alpha value is -2.88. The maximum Gasteiger partial charge on any atom is 0.417 e. The molecular weight excluding hydrogens is 383 g/mol. The molecule has 0 bridgehead atoms. The van der Waals surface area contributed by atoms with Crippen molar-refractivity contribution >= 4 is 32.3 Å². The molecule has 4 rings (SSSR count). The highest BCUT2D eigenvalue weighted by molar-refractivity contribution is 7.91. The van der Waals surface area contributed by atoms with Crippen LogP contribution in [0.4, 0.5) is 18.9 Å². The van der Waals surface area contributed by atoms with Crippen LogP contribution < -0.4 is 5.32 Å². The van der Waals surface area contributed by atoms with E-state index in [4.69, 9.17) is 0 Å². The van der Waals surface area contributed by atoms with E-state index in [9.17, 15) is 26.4 Å². The van der Waals surface area contributed by atoms with Crippen LogP contribution in [-0.4, -0.2) is 30.3 Å². The van der Waals surface area contributed by atoms with Crippen molar-refractivity contribution in [2.24, 2.45) is 0 Å². The SMILES string of the molecule is O=C(Nc1cc(C(F)(F)F)c2cn[nH]c2c1)c1ccc2c(c1)CCS2(=O)=O. The van der Waals surface area contributed by atoms with E-state index in [-0.39, 0.29) is 32.8 Å². The number of H-pyrrole nitrogens is 1. The number of sulfone groups is 1. The average Bonchev–Trinajstić information content (AvgIpc) is 3.17. The van der Waals surface area contributed by atoms with Gasteiger partial charge in [0.15, 0.2) is 9.84 Å². The first-order valence-electron chi connectivity index (χ1n) is 7.86. The van der Waals surface area contributed by atoms with Crippen LogP contribution in [0.2, 0.25) is 0 Å². The molecule has 140 valence electrons. The standard InChI is InChI=1S/C17H12F3N3O3S/c18-17(19,20)13-6-11(7-14-12(13)8-21-23-14)22-16(24)10-1-2-15-9(5-10)3-4-27(15,25)26/h1-2,5-8H,3-4H2,(H,21,23)(H,22,24). The fourth-order valence-electron chi connectivity index (χ4n) is 3.13. The van der Waals surface area contributed by atoms with E-state index < -0.39 is 27.5 Å². The minimum Gasteiger partial charge on any atom is -0.322 e. The predicted molar refractivity (Wildman–Crippen MR) is 91.2 cm³/mol. The summed E-state index contributed by atoms with van der Waals surface area (Å²) < 4.78 is 63.4. The van der Waals surface area contributed by atoms with Crippen LogP contribution in [0.25, 0.3) is 10.9 Å². The number of alkyl halides is 3. The lowest BCUT2D eigenvalue weighted by atomic mass is 10.1. The molecular formula is C17H12F3N3O3S. The normalized spacial score (nSPS) is 15.7. The third-order valence-corrected chi connectivity index (χ3v) is 6.23. The van der Waals surface area contributed by atoms with Gasteiger partial charge < -0.3 is 5.32 Å². The molecule has 3 aromatic rings. The van der Waals surface area contributed by atoms with Gasteiger partial charge in [-0.25, -0.2) is 8.42 Å². The molecule has 6 nitrogen and oxygen atoms in total. The predicted octanol–water partition coefficient (Wildman–Crippen LogP) is 3.16. The number of nitrogens with one attached hydrogen (secondary N) is 2. The molecule has 1 aliphatic rings. The van der Waals surface area contributed by atoms with Gasteiger partial charge in [-0.1, -0.05) is 0 Å². The van der Waals surface area contributed by atoms with E-state index in [2.05, 4.69) is 15.5 Å². The molecule has 0 aliphatic carbocycles. The zero-order chi connectivity index (χ0) is 19.4. The number of hydrogen-bond acceptors (Lipinski definition) is 4. The van der Waals surface area contributed by atoms with E-state index in [0.29, 0.717) is 12.0 Å². The number of aryl methyl sites for hydroxylation is 1. The Balaban J connectivity index is 1.68. The van der Waals surface area contributed by atoms with Gasteiger partial charge in [-0.15, -0.1) is 0 Å². The summed E-state index contributed by atoms with van der Waals surface area (Å²) in [7, 11) is -3.31. The van der Waals surface area contributed by atoms with Crippen LogP contribution in [0.1, 0.15) is 21.5 Å². The molecule has 0 fully saturated rings. The number of fused-ring (bicyclic) bond motifs is 2. The first kappa shape index (κ1) is 17.5. The lowest BCUT2D eigenvalue weighted by Crippen LogP contribution is -2.14. The van der Waals surface area contributed by atoms with Crippen molar-refractivity contribution in [2.75, 3.05) is 11.1 Å². The summed E-state index contributed by atoms with van der Waals surface area (Å²) in [5.74, 6) is -0.646. The highest BCUT2D eigenvalue weighted by Crippen LogP contribution is 2.36. The first-order valence-corrected chi connectivity index (χ1v) is 9.52. The molecule has 0 saturated heterocycles. The fraction of sp³-hybridized carbons (Fsp3) is 0.176. The molecule has 2 N–H and O–H groups in total. The molecule has 0 atom stereocenters. The fourth-order valence-corrected chi connectivity index (χ4v) is 4.68. The molecule has 10 heteroatoms. The highest BCUT2D eigenvalue weighted by atomic mass is 32.2. The maximum absolute atomic E-state index is 13.2. The molecule has 27 heavy (non-hydrogen) atoms. The number of hydrogen-bond donors (Lipinski definition) is 2. The number of aromatic nitrogens is 2. The maximum atomic E-state index is 13.2. The summed E-state index contributed by atoms with van der Waals surface area (Å²) in [6, 6.07) is 6.34. The largest absolute Gasteiger partial charge is 0.417 e. The van der Waals surface area contributed by atoms with E-state index in [1.54, 1.807) is 0 Å². The Bertz CT molecular complexity index is 1180. The van der Waals surface area contributed by atoms with Crippen molar-refractivity contribution < 1.29 is 26.4 Å². The van der Waals surface area contributed by atoms with Crippen LogP contribution in [0.15, 0.2) is 41.4 Å². The number of nitrogens with zero attached hydrogens (tertiary/aromatic N) is 1. The summed E-state index contributed by atoms with van der Waals surface area (Å²) >= 11 is 0. The number of rotatable bonds is 2. The number of carbonyl (C=O) groups excluding carboxylic acids is 1. The summed E-state index contributed by atoms with van der Waals surface area (Å²) in [4.78, 5) is 12.6. The number of aromatic amines is 1. The highest BCUT2D eigenvalue weighted by Gasteiger charge is 2.34.